The van der Waals surface area contributed by atoms with Crippen molar-refractivity contribution >= 4 is 33.5 Å². The molecule has 162 valence electrons. The SMILES string of the molecule is Cc1nn(C)c(C)c1CCN=C(NC(=O)c1ccc(F)c(F)c1)Nc1cccc(Br)c1. The molecular weight excluding hydrogens is 468 g/mol. The van der Waals surface area contributed by atoms with Gasteiger partial charge in [0.25, 0.3) is 5.91 Å². The van der Waals surface area contributed by atoms with Crippen LogP contribution in [0.15, 0.2) is 51.9 Å². The number of nitrogens with one attached hydrogen (secondary N) is 2. The Morgan fingerprint density at radius 1 is 1.16 bits per heavy atom. The van der Waals surface area contributed by atoms with Crippen molar-refractivity contribution in [3.05, 3.63) is 81.1 Å². The molecule has 9 heteroatoms. The zero-order chi connectivity index (χ0) is 22.5. The second-order valence-electron chi connectivity index (χ2n) is 6.97. The van der Waals surface area contributed by atoms with E-state index >= 15 is 0 Å². The maximum Gasteiger partial charge on any atom is 0.258 e. The number of nitrogens with zero attached hydrogens (tertiary/aromatic N) is 3. The van der Waals surface area contributed by atoms with Gasteiger partial charge in [0.05, 0.1) is 5.69 Å². The lowest BCUT2D eigenvalue weighted by Gasteiger charge is -2.12. The van der Waals surface area contributed by atoms with E-state index in [1.807, 2.05) is 49.8 Å². The number of aryl methyl sites for hydroxylation is 2. The minimum Gasteiger partial charge on any atom is -0.326 e. The molecule has 31 heavy (non-hydrogen) atoms. The number of carbonyl (C=O) groups is 1. The molecule has 0 saturated carbocycles. The molecule has 0 aliphatic rings. The van der Waals surface area contributed by atoms with Gasteiger partial charge in [-0.1, -0.05) is 22.0 Å². The summed E-state index contributed by atoms with van der Waals surface area (Å²) in [6, 6.07) is 10.3. The Labute approximate surface area is 187 Å². The minimum atomic E-state index is -1.09. The zero-order valence-corrected chi connectivity index (χ0v) is 18.9. The summed E-state index contributed by atoms with van der Waals surface area (Å²) in [5.41, 5.74) is 3.77. The average Bonchev–Trinajstić information content (AvgIpc) is 2.95. The van der Waals surface area contributed by atoms with Gasteiger partial charge in [-0.25, -0.2) is 8.78 Å². The van der Waals surface area contributed by atoms with Crippen LogP contribution in [-0.2, 0) is 13.5 Å². The number of guanidine groups is 1. The summed E-state index contributed by atoms with van der Waals surface area (Å²) in [6.45, 7) is 4.32. The smallest absolute Gasteiger partial charge is 0.258 e. The van der Waals surface area contributed by atoms with Gasteiger partial charge < -0.3 is 5.32 Å². The first-order valence-corrected chi connectivity index (χ1v) is 10.4. The number of hydrogen-bond acceptors (Lipinski definition) is 3. The molecule has 2 aromatic carbocycles. The molecule has 0 unspecified atom stereocenters. The van der Waals surface area contributed by atoms with Crippen LogP contribution in [0.4, 0.5) is 14.5 Å². The van der Waals surface area contributed by atoms with E-state index in [0.717, 1.165) is 33.6 Å². The van der Waals surface area contributed by atoms with E-state index in [4.69, 9.17) is 0 Å². The first kappa shape index (κ1) is 22.6. The summed E-state index contributed by atoms with van der Waals surface area (Å²) < 4.78 is 29.4. The molecule has 0 bridgehead atoms. The number of amides is 1. The van der Waals surface area contributed by atoms with Gasteiger partial charge >= 0.3 is 0 Å². The minimum absolute atomic E-state index is 0.0124. The summed E-state index contributed by atoms with van der Waals surface area (Å²) in [6.07, 6.45) is 0.635. The van der Waals surface area contributed by atoms with Crippen LogP contribution in [-0.4, -0.2) is 28.2 Å². The first-order chi connectivity index (χ1) is 14.7. The molecule has 0 spiro atoms. The van der Waals surface area contributed by atoms with Crippen molar-refractivity contribution in [2.45, 2.75) is 20.3 Å². The average molecular weight is 490 g/mol. The quantitative estimate of drug-likeness (QED) is 0.408. The van der Waals surface area contributed by atoms with Crippen LogP contribution in [0.2, 0.25) is 0 Å². The molecule has 1 heterocycles. The summed E-state index contributed by atoms with van der Waals surface area (Å²) in [5, 5.41) is 10.1. The van der Waals surface area contributed by atoms with Gasteiger partial charge in [-0.2, -0.15) is 5.10 Å². The third kappa shape index (κ3) is 5.75. The first-order valence-electron chi connectivity index (χ1n) is 9.57. The van der Waals surface area contributed by atoms with Gasteiger partial charge in [0, 0.05) is 35.0 Å². The van der Waals surface area contributed by atoms with Gasteiger partial charge in [0.2, 0.25) is 5.96 Å². The number of carbonyl (C=O) groups excluding carboxylic acids is 1. The van der Waals surface area contributed by atoms with E-state index < -0.39 is 17.5 Å². The fraction of sp³-hybridized carbons (Fsp3) is 0.227. The normalized spacial score (nSPS) is 11.5. The van der Waals surface area contributed by atoms with Crippen LogP contribution in [0.5, 0.6) is 0 Å². The van der Waals surface area contributed by atoms with E-state index in [1.54, 1.807) is 0 Å². The summed E-state index contributed by atoms with van der Waals surface area (Å²) in [5.74, 6) is -2.51. The second-order valence-corrected chi connectivity index (χ2v) is 7.89. The Bertz CT molecular complexity index is 1140. The van der Waals surface area contributed by atoms with E-state index in [9.17, 15) is 13.6 Å². The van der Waals surface area contributed by atoms with Crippen molar-refractivity contribution in [2.75, 3.05) is 11.9 Å². The van der Waals surface area contributed by atoms with Gasteiger partial charge in [-0.3, -0.25) is 19.8 Å². The molecule has 0 atom stereocenters. The molecule has 0 saturated heterocycles. The fourth-order valence-electron chi connectivity index (χ4n) is 3.09. The number of aromatic nitrogens is 2. The summed E-state index contributed by atoms with van der Waals surface area (Å²) in [4.78, 5) is 17.1. The third-order valence-corrected chi connectivity index (χ3v) is 5.28. The number of anilines is 1. The van der Waals surface area contributed by atoms with Crippen molar-refractivity contribution in [3.63, 3.8) is 0 Å². The highest BCUT2D eigenvalue weighted by Gasteiger charge is 2.13. The standard InChI is InChI=1S/C22H22BrF2N5O/c1-13-18(14(2)30(3)29-13)9-10-26-22(27-17-6-4-5-16(23)12-17)28-21(31)15-7-8-19(24)20(25)11-15/h4-8,11-12H,9-10H2,1-3H3,(H2,26,27,28,31). The second kappa shape index (κ2) is 9.82. The van der Waals surface area contributed by atoms with Crippen molar-refractivity contribution in [1.29, 1.82) is 0 Å². The highest BCUT2D eigenvalue weighted by Crippen LogP contribution is 2.16. The fourth-order valence-corrected chi connectivity index (χ4v) is 3.49. The van der Waals surface area contributed by atoms with E-state index in [0.29, 0.717) is 18.7 Å². The predicted molar refractivity (Wildman–Crippen MR) is 120 cm³/mol. The number of benzene rings is 2. The number of halogens is 3. The topological polar surface area (TPSA) is 71.3 Å². The van der Waals surface area contributed by atoms with Gasteiger partial charge in [-0.05, 0) is 62.2 Å². The van der Waals surface area contributed by atoms with Crippen LogP contribution in [0.25, 0.3) is 0 Å². The lowest BCUT2D eigenvalue weighted by atomic mass is 10.1. The Kier molecular flexibility index (Phi) is 7.17. The molecule has 3 aromatic rings. The van der Waals surface area contributed by atoms with Crippen molar-refractivity contribution in [2.24, 2.45) is 12.0 Å². The predicted octanol–water partition coefficient (Wildman–Crippen LogP) is 4.52. The molecule has 3 rings (SSSR count). The monoisotopic (exact) mass is 489 g/mol. The number of aliphatic imine (C=N–C) groups is 1. The van der Waals surface area contributed by atoms with Crippen LogP contribution >= 0.6 is 15.9 Å². The Hall–Kier alpha value is -3.07. The van der Waals surface area contributed by atoms with E-state index in [-0.39, 0.29) is 11.5 Å². The van der Waals surface area contributed by atoms with Crippen LogP contribution < -0.4 is 10.6 Å². The zero-order valence-electron chi connectivity index (χ0n) is 17.3. The highest BCUT2D eigenvalue weighted by molar-refractivity contribution is 9.10. The number of rotatable bonds is 5. The van der Waals surface area contributed by atoms with Crippen LogP contribution in [0.1, 0.15) is 27.3 Å². The van der Waals surface area contributed by atoms with Crippen molar-refractivity contribution in [1.82, 2.24) is 15.1 Å². The molecule has 6 nitrogen and oxygen atoms in total. The van der Waals surface area contributed by atoms with Gasteiger partial charge in [0.1, 0.15) is 0 Å². The van der Waals surface area contributed by atoms with Gasteiger partial charge in [-0.15, -0.1) is 0 Å². The van der Waals surface area contributed by atoms with Crippen LogP contribution in [0.3, 0.4) is 0 Å². The molecular formula is C22H22BrF2N5O. The largest absolute Gasteiger partial charge is 0.326 e. The molecule has 0 aliphatic carbocycles. The maximum absolute atomic E-state index is 13.5. The highest BCUT2D eigenvalue weighted by atomic mass is 79.9. The Morgan fingerprint density at radius 3 is 2.58 bits per heavy atom. The molecule has 2 N–H and O–H groups in total. The lowest BCUT2D eigenvalue weighted by molar-refractivity contribution is 0.0976. The summed E-state index contributed by atoms with van der Waals surface area (Å²) >= 11 is 3.40. The van der Waals surface area contributed by atoms with Crippen molar-refractivity contribution in [3.8, 4) is 0 Å². The molecule has 1 amide bonds. The Morgan fingerprint density at radius 2 is 1.94 bits per heavy atom. The van der Waals surface area contributed by atoms with Crippen molar-refractivity contribution < 1.29 is 13.6 Å². The van der Waals surface area contributed by atoms with Crippen LogP contribution in [0, 0.1) is 25.5 Å². The van der Waals surface area contributed by atoms with Gasteiger partial charge in [0.15, 0.2) is 11.6 Å². The molecule has 1 aromatic heterocycles. The van der Waals surface area contributed by atoms with E-state index in [2.05, 4.69) is 36.7 Å². The Balaban J connectivity index is 1.80. The number of hydrogen-bond donors (Lipinski definition) is 2. The maximum atomic E-state index is 13.5. The molecule has 0 aliphatic heterocycles. The molecule has 0 fully saturated rings. The molecule has 0 radical (unpaired) electrons. The third-order valence-electron chi connectivity index (χ3n) is 4.79. The van der Waals surface area contributed by atoms with E-state index in [1.165, 1.54) is 6.07 Å². The summed E-state index contributed by atoms with van der Waals surface area (Å²) in [7, 11) is 1.89. The lowest BCUT2D eigenvalue weighted by Crippen LogP contribution is -2.36.